The van der Waals surface area contributed by atoms with E-state index in [0.29, 0.717) is 19.1 Å². The van der Waals surface area contributed by atoms with Gasteiger partial charge in [-0.1, -0.05) is 0 Å². The van der Waals surface area contributed by atoms with Crippen molar-refractivity contribution in [3.63, 3.8) is 0 Å². The number of fused-ring (bicyclic) bond motifs is 1. The highest BCUT2D eigenvalue weighted by Gasteiger charge is 2.29. The van der Waals surface area contributed by atoms with Crippen LogP contribution in [0.1, 0.15) is 25.5 Å². The monoisotopic (exact) mass is 328 g/mol. The van der Waals surface area contributed by atoms with E-state index >= 15 is 0 Å². The highest BCUT2D eigenvalue weighted by molar-refractivity contribution is 7.88. The van der Waals surface area contributed by atoms with Gasteiger partial charge in [0.05, 0.1) is 24.7 Å². The Morgan fingerprint density at radius 3 is 2.64 bits per heavy atom. The molecule has 1 aromatic heterocycles. The van der Waals surface area contributed by atoms with Gasteiger partial charge < -0.3 is 4.74 Å². The Morgan fingerprint density at radius 2 is 2.00 bits per heavy atom. The summed E-state index contributed by atoms with van der Waals surface area (Å²) in [6, 6.07) is 0.471. The van der Waals surface area contributed by atoms with Gasteiger partial charge in [0.25, 0.3) is 0 Å². The van der Waals surface area contributed by atoms with Gasteiger partial charge >= 0.3 is 0 Å². The summed E-state index contributed by atoms with van der Waals surface area (Å²) in [5.74, 6) is 0.844. The standard InChI is InChI=1S/C14H24N4O3S/c1-11-9-18-13(10-16(11)2)14(8-15-18)21-12-4-6-17(7-5-12)22(3,19)20/h8,11-12H,4-7,9-10H2,1-3H3/t11-/m0/s1. The molecular weight excluding hydrogens is 304 g/mol. The van der Waals surface area contributed by atoms with Crippen LogP contribution in [0.5, 0.6) is 5.75 Å². The number of hydrogen-bond donors (Lipinski definition) is 0. The number of nitrogens with zero attached hydrogens (tertiary/aromatic N) is 4. The summed E-state index contributed by atoms with van der Waals surface area (Å²) < 4.78 is 32.7. The van der Waals surface area contributed by atoms with Crippen LogP contribution in [0.2, 0.25) is 0 Å². The summed E-state index contributed by atoms with van der Waals surface area (Å²) in [4.78, 5) is 2.29. The van der Waals surface area contributed by atoms with Crippen LogP contribution >= 0.6 is 0 Å². The highest BCUT2D eigenvalue weighted by atomic mass is 32.2. The Bertz CT molecular complexity index is 635. The Hall–Kier alpha value is -1.12. The maximum atomic E-state index is 11.5. The van der Waals surface area contributed by atoms with E-state index in [1.54, 1.807) is 6.20 Å². The van der Waals surface area contributed by atoms with Gasteiger partial charge in [-0.25, -0.2) is 12.7 Å². The molecule has 0 amide bonds. The van der Waals surface area contributed by atoms with Gasteiger partial charge in [0.1, 0.15) is 6.10 Å². The predicted molar refractivity (Wildman–Crippen MR) is 83.2 cm³/mol. The van der Waals surface area contributed by atoms with E-state index in [0.717, 1.165) is 37.4 Å². The molecule has 8 heteroatoms. The van der Waals surface area contributed by atoms with E-state index in [9.17, 15) is 8.42 Å². The van der Waals surface area contributed by atoms with Crippen molar-refractivity contribution in [1.82, 2.24) is 19.0 Å². The number of piperidine rings is 1. The van der Waals surface area contributed by atoms with Crippen molar-refractivity contribution in [2.45, 2.75) is 45.0 Å². The molecule has 3 heterocycles. The molecule has 1 fully saturated rings. The molecule has 0 N–H and O–H groups in total. The summed E-state index contributed by atoms with van der Waals surface area (Å²) in [5.41, 5.74) is 1.12. The van der Waals surface area contributed by atoms with Gasteiger partial charge in [0, 0.05) is 25.7 Å². The van der Waals surface area contributed by atoms with Gasteiger partial charge in [-0.15, -0.1) is 0 Å². The third kappa shape index (κ3) is 3.13. The van der Waals surface area contributed by atoms with Crippen LogP contribution in [0.4, 0.5) is 0 Å². The lowest BCUT2D eigenvalue weighted by Crippen LogP contribution is -2.41. The molecule has 0 saturated carbocycles. The summed E-state index contributed by atoms with van der Waals surface area (Å²) in [5, 5.41) is 4.42. The summed E-state index contributed by atoms with van der Waals surface area (Å²) >= 11 is 0. The summed E-state index contributed by atoms with van der Waals surface area (Å²) in [7, 11) is -0.978. The normalized spacial score (nSPS) is 25.1. The average molecular weight is 328 g/mol. The minimum absolute atomic E-state index is 0.0663. The van der Waals surface area contributed by atoms with Gasteiger partial charge in [-0.2, -0.15) is 5.10 Å². The Balaban J connectivity index is 1.64. The molecule has 7 nitrogen and oxygen atoms in total. The second kappa shape index (κ2) is 5.82. The minimum Gasteiger partial charge on any atom is -0.487 e. The second-order valence-electron chi connectivity index (χ2n) is 6.38. The van der Waals surface area contributed by atoms with Gasteiger partial charge in [-0.05, 0) is 26.8 Å². The van der Waals surface area contributed by atoms with Crippen LogP contribution in [0.3, 0.4) is 0 Å². The quantitative estimate of drug-likeness (QED) is 0.809. The molecule has 1 atom stereocenters. The number of hydrogen-bond acceptors (Lipinski definition) is 5. The summed E-state index contributed by atoms with van der Waals surface area (Å²) in [6.45, 7) is 4.96. The Morgan fingerprint density at radius 1 is 1.32 bits per heavy atom. The number of sulfonamides is 1. The molecule has 1 saturated heterocycles. The van der Waals surface area contributed by atoms with E-state index in [4.69, 9.17) is 4.74 Å². The highest BCUT2D eigenvalue weighted by Crippen LogP contribution is 2.27. The molecule has 2 aliphatic heterocycles. The lowest BCUT2D eigenvalue weighted by atomic mass is 10.1. The second-order valence-corrected chi connectivity index (χ2v) is 8.36. The molecule has 0 aromatic carbocycles. The van der Waals surface area contributed by atoms with E-state index in [1.807, 2.05) is 4.68 Å². The maximum absolute atomic E-state index is 11.5. The third-order valence-corrected chi connectivity index (χ3v) is 5.97. The number of likely N-dealkylation sites (N-methyl/N-ethyl adjacent to an activating group) is 1. The lowest BCUT2D eigenvalue weighted by Gasteiger charge is -2.32. The number of ether oxygens (including phenoxy) is 1. The van der Waals surface area contributed by atoms with Crippen LogP contribution in [-0.4, -0.2) is 65.9 Å². The first-order valence-electron chi connectivity index (χ1n) is 7.71. The van der Waals surface area contributed by atoms with Crippen molar-refractivity contribution < 1.29 is 13.2 Å². The van der Waals surface area contributed by atoms with Crippen molar-refractivity contribution in [3.05, 3.63) is 11.9 Å². The number of aromatic nitrogens is 2. The van der Waals surface area contributed by atoms with Crippen LogP contribution in [0.15, 0.2) is 6.20 Å². The molecule has 124 valence electrons. The number of rotatable bonds is 3. The van der Waals surface area contributed by atoms with Crippen LogP contribution < -0.4 is 4.74 Å². The lowest BCUT2D eigenvalue weighted by molar-refractivity contribution is 0.127. The molecule has 2 aliphatic rings. The minimum atomic E-state index is -3.08. The molecule has 0 unspecified atom stereocenters. The zero-order chi connectivity index (χ0) is 15.9. The first-order chi connectivity index (χ1) is 10.3. The summed E-state index contributed by atoms with van der Waals surface area (Å²) in [6.07, 6.45) is 4.58. The smallest absolute Gasteiger partial charge is 0.211 e. The molecule has 1 aromatic rings. The van der Waals surface area contributed by atoms with Crippen molar-refractivity contribution in [1.29, 1.82) is 0 Å². The largest absolute Gasteiger partial charge is 0.487 e. The van der Waals surface area contributed by atoms with Crippen molar-refractivity contribution >= 4 is 10.0 Å². The molecule has 0 radical (unpaired) electrons. The van der Waals surface area contributed by atoms with Crippen LogP contribution in [0.25, 0.3) is 0 Å². The Labute approximate surface area is 131 Å². The van der Waals surface area contributed by atoms with Gasteiger partial charge in [0.15, 0.2) is 5.75 Å². The SMILES string of the molecule is C[C@H]1Cn2ncc(OC3CCN(S(C)(=O)=O)CC3)c2CN1C. The van der Waals surface area contributed by atoms with E-state index in [-0.39, 0.29) is 6.10 Å². The van der Waals surface area contributed by atoms with Crippen molar-refractivity contribution in [3.8, 4) is 5.75 Å². The zero-order valence-corrected chi connectivity index (χ0v) is 14.2. The van der Waals surface area contributed by atoms with Crippen molar-refractivity contribution in [2.75, 3.05) is 26.4 Å². The topological polar surface area (TPSA) is 67.7 Å². The van der Waals surface area contributed by atoms with E-state index in [2.05, 4.69) is 24.0 Å². The molecule has 22 heavy (non-hydrogen) atoms. The van der Waals surface area contributed by atoms with E-state index in [1.165, 1.54) is 10.6 Å². The van der Waals surface area contributed by atoms with Gasteiger partial charge in [-0.3, -0.25) is 9.58 Å². The molecule has 0 bridgehead atoms. The van der Waals surface area contributed by atoms with Crippen LogP contribution in [-0.2, 0) is 23.1 Å². The van der Waals surface area contributed by atoms with Gasteiger partial charge in [0.2, 0.25) is 10.0 Å². The third-order valence-electron chi connectivity index (χ3n) is 4.66. The zero-order valence-electron chi connectivity index (χ0n) is 13.4. The molecular formula is C14H24N4O3S. The van der Waals surface area contributed by atoms with Crippen LogP contribution in [0, 0.1) is 0 Å². The predicted octanol–water partition coefficient (Wildman–Crippen LogP) is 0.520. The first-order valence-corrected chi connectivity index (χ1v) is 9.56. The molecule has 3 rings (SSSR count). The van der Waals surface area contributed by atoms with Crippen molar-refractivity contribution in [2.24, 2.45) is 0 Å². The fourth-order valence-electron chi connectivity index (χ4n) is 3.05. The fourth-order valence-corrected chi connectivity index (χ4v) is 3.93. The fraction of sp³-hybridized carbons (Fsp3) is 0.786. The first kappa shape index (κ1) is 15.8. The Kier molecular flexibility index (Phi) is 4.17. The molecule has 0 aliphatic carbocycles. The maximum Gasteiger partial charge on any atom is 0.211 e. The van der Waals surface area contributed by atoms with E-state index < -0.39 is 10.0 Å². The average Bonchev–Trinajstić information content (AvgIpc) is 2.81. The molecule has 0 spiro atoms.